The number of urea groups is 1. The summed E-state index contributed by atoms with van der Waals surface area (Å²) in [6, 6.07) is 17.5. The highest BCUT2D eigenvalue weighted by molar-refractivity contribution is 8.25. The van der Waals surface area contributed by atoms with Crippen LogP contribution in [0, 0.1) is 0 Å². The van der Waals surface area contributed by atoms with E-state index in [1.165, 1.54) is 0 Å². The number of nitrogens with zero attached hydrogens (tertiary/aromatic N) is 3. The van der Waals surface area contributed by atoms with Crippen molar-refractivity contribution in [2.75, 3.05) is 36.6 Å². The molecule has 0 bridgehead atoms. The fourth-order valence-electron chi connectivity index (χ4n) is 5.17. The minimum Gasteiger partial charge on any atom is -0.394 e. The van der Waals surface area contributed by atoms with Crippen LogP contribution in [0.4, 0.5) is 16.3 Å². The Balaban J connectivity index is 1.53. The second kappa shape index (κ2) is 11.7. The Morgan fingerprint density at radius 2 is 1.88 bits per heavy atom. The van der Waals surface area contributed by atoms with Gasteiger partial charge in [0.05, 0.1) is 42.5 Å². The first-order valence-corrected chi connectivity index (χ1v) is 15.1. The minimum atomic E-state index is -3.22. The zero-order valence-electron chi connectivity index (χ0n) is 22.8. The number of carbonyl (C=O) groups excluding carboxylic acids is 1. The molecule has 0 unspecified atom stereocenters. The van der Waals surface area contributed by atoms with E-state index in [2.05, 4.69) is 22.5 Å². The van der Waals surface area contributed by atoms with Crippen LogP contribution in [0.3, 0.4) is 0 Å². The van der Waals surface area contributed by atoms with Crippen LogP contribution in [0.5, 0.6) is 0 Å². The number of morpholine rings is 1. The Labute approximate surface area is 236 Å². The van der Waals surface area contributed by atoms with E-state index < -0.39 is 21.4 Å². The highest BCUT2D eigenvalue weighted by atomic mass is 32.3. The van der Waals surface area contributed by atoms with Crippen LogP contribution in [0.15, 0.2) is 65.6 Å². The molecule has 2 heterocycles. The molecule has 5 rings (SSSR count). The van der Waals surface area contributed by atoms with Crippen LogP contribution in [-0.2, 0) is 9.48 Å². The van der Waals surface area contributed by atoms with Crippen molar-refractivity contribution in [2.24, 2.45) is 0 Å². The van der Waals surface area contributed by atoms with Gasteiger partial charge in [-0.05, 0) is 69.5 Å². The second-order valence-electron chi connectivity index (χ2n) is 10.5. The van der Waals surface area contributed by atoms with Crippen molar-refractivity contribution in [1.29, 1.82) is 0 Å². The van der Waals surface area contributed by atoms with E-state index in [0.717, 1.165) is 17.8 Å². The maximum absolute atomic E-state index is 12.2. The fraction of sp³-hybridized carbons (Fsp3) is 0.414. The maximum atomic E-state index is 12.2. The number of nitrogens with one attached hydrogen (secondary N) is 2. The summed E-state index contributed by atoms with van der Waals surface area (Å²) in [5.74, 6) is 1.20. The van der Waals surface area contributed by atoms with Gasteiger partial charge in [0.2, 0.25) is 0 Å². The Morgan fingerprint density at radius 1 is 1.15 bits per heavy atom. The molecule has 1 aliphatic carbocycles. The van der Waals surface area contributed by atoms with Gasteiger partial charge in [-0.3, -0.25) is 9.11 Å². The normalized spacial score (nSPS) is 19.8. The van der Waals surface area contributed by atoms with Gasteiger partial charge in [0.25, 0.3) is 0 Å². The molecule has 2 aromatic carbocycles. The summed E-state index contributed by atoms with van der Waals surface area (Å²) in [6.07, 6.45) is 2.11. The molecule has 0 spiro atoms. The number of benzene rings is 2. The van der Waals surface area contributed by atoms with Gasteiger partial charge >= 0.3 is 6.03 Å². The molecule has 3 aromatic rings. The molecule has 40 heavy (non-hydrogen) atoms. The van der Waals surface area contributed by atoms with Crippen LogP contribution >= 0.6 is 10.6 Å². The lowest BCUT2D eigenvalue weighted by Crippen LogP contribution is -2.45. The lowest BCUT2D eigenvalue weighted by atomic mass is 9.81. The molecule has 1 saturated carbocycles. The Hall–Kier alpha value is -3.22. The molecule has 5 N–H and O–H groups in total. The molecular formula is C29H37N5O5S. The Kier molecular flexibility index (Phi) is 8.29. The molecule has 0 radical (unpaired) electrons. The quantitative estimate of drug-likeness (QED) is 0.255. The van der Waals surface area contributed by atoms with Crippen molar-refractivity contribution in [3.63, 3.8) is 0 Å². The van der Waals surface area contributed by atoms with E-state index in [9.17, 15) is 13.9 Å². The molecule has 2 fully saturated rings. The molecule has 11 heteroatoms. The highest BCUT2D eigenvalue weighted by Gasteiger charge is 2.52. The van der Waals surface area contributed by atoms with Gasteiger partial charge < -0.3 is 25.4 Å². The smallest absolute Gasteiger partial charge is 0.319 e. The first kappa shape index (κ1) is 28.3. The van der Waals surface area contributed by atoms with E-state index in [1.54, 1.807) is 31.2 Å². The van der Waals surface area contributed by atoms with Crippen molar-refractivity contribution in [3.8, 4) is 11.4 Å². The maximum Gasteiger partial charge on any atom is 0.319 e. The summed E-state index contributed by atoms with van der Waals surface area (Å²) in [7, 11) is -3.22. The topological polar surface area (TPSA) is 140 Å². The number of aromatic nitrogens is 2. The van der Waals surface area contributed by atoms with Crippen molar-refractivity contribution >= 4 is 28.1 Å². The number of anilines is 2. The molecule has 2 aliphatic rings. The summed E-state index contributed by atoms with van der Waals surface area (Å²) in [5, 5.41) is 14.6. The minimum absolute atomic E-state index is 0.0996. The summed E-state index contributed by atoms with van der Waals surface area (Å²) < 4.78 is 28.2. The molecule has 1 saturated heterocycles. The van der Waals surface area contributed by atoms with Crippen molar-refractivity contribution in [2.45, 2.75) is 54.8 Å². The van der Waals surface area contributed by atoms with Crippen LogP contribution in [0.25, 0.3) is 11.4 Å². The zero-order chi connectivity index (χ0) is 28.3. The third-order valence-corrected chi connectivity index (χ3v) is 10.3. The highest BCUT2D eigenvalue weighted by Crippen LogP contribution is 2.71. The third-order valence-electron chi connectivity index (χ3n) is 7.67. The largest absolute Gasteiger partial charge is 0.394 e. The fourth-order valence-corrected chi connectivity index (χ4v) is 7.41. The summed E-state index contributed by atoms with van der Waals surface area (Å²) in [5.41, 5.74) is 1.95. The van der Waals surface area contributed by atoms with E-state index >= 15 is 0 Å². The average Bonchev–Trinajstić information content (AvgIpc) is 2.93. The average molecular weight is 568 g/mol. The van der Waals surface area contributed by atoms with E-state index in [-0.39, 0.29) is 18.7 Å². The summed E-state index contributed by atoms with van der Waals surface area (Å²) in [6.45, 7) is 5.48. The lowest BCUT2D eigenvalue weighted by molar-refractivity contribution is 0.0985. The number of hydrogen-bond acceptors (Lipinski definition) is 8. The number of hydrogen-bond donors (Lipinski definition) is 5. The monoisotopic (exact) mass is 567 g/mol. The molecule has 214 valence electrons. The number of amides is 2. The van der Waals surface area contributed by atoms with Gasteiger partial charge in [0.15, 0.2) is 5.82 Å². The molecule has 1 aliphatic heterocycles. The first-order valence-electron chi connectivity index (χ1n) is 13.6. The molecule has 2 amide bonds. The Bertz CT molecular complexity index is 1320. The third kappa shape index (κ3) is 5.52. The first-order chi connectivity index (χ1) is 19.2. The van der Waals surface area contributed by atoms with Crippen molar-refractivity contribution < 1.29 is 23.7 Å². The number of aliphatic hydroxyl groups excluding tert-OH is 1. The number of aliphatic hydroxyl groups is 1. The van der Waals surface area contributed by atoms with Crippen molar-refractivity contribution in [1.82, 2.24) is 15.3 Å². The number of ether oxygens (including phenoxy) is 1. The van der Waals surface area contributed by atoms with Gasteiger partial charge in [-0.15, -0.1) is 0 Å². The predicted molar refractivity (Wildman–Crippen MR) is 157 cm³/mol. The van der Waals surface area contributed by atoms with Crippen LogP contribution in [-0.4, -0.2) is 68.7 Å². The molecule has 1 aromatic heterocycles. The summed E-state index contributed by atoms with van der Waals surface area (Å²) in [4.78, 5) is 24.7. The van der Waals surface area contributed by atoms with Gasteiger partial charge in [-0.1, -0.05) is 18.2 Å². The molecule has 2 atom stereocenters. The Morgan fingerprint density at radius 3 is 2.50 bits per heavy atom. The van der Waals surface area contributed by atoms with Crippen LogP contribution in [0.2, 0.25) is 0 Å². The number of rotatable bonds is 8. The standard InChI is InChI=1S/C29H37N5O5S/c1-20(18-35)30-28(36)31-23-11-9-22(10-12-23)27-32-25(17-26(33-27)34-15-16-39-19-21(34)2)29(13-6-14-29)40(37,38)24-7-4-3-5-8-24/h3-5,7-12,17,20-21,35,37-38H,6,13-16,18-19H2,1-2H3,(H2,30,31,36)/t20-,21-/m0/s1. The molecular weight excluding hydrogens is 530 g/mol. The van der Waals surface area contributed by atoms with E-state index in [1.807, 2.05) is 36.4 Å². The van der Waals surface area contributed by atoms with E-state index in [0.29, 0.717) is 54.7 Å². The lowest BCUT2D eigenvalue weighted by Gasteiger charge is -2.55. The SMILES string of the molecule is C[C@@H](CO)NC(=O)Nc1ccc(-c2nc(N3CCOC[C@@H]3C)cc(C3(S(O)(O)c4ccccc4)CCC3)n2)cc1. The van der Waals surface area contributed by atoms with Crippen LogP contribution < -0.4 is 15.5 Å². The van der Waals surface area contributed by atoms with E-state index in [4.69, 9.17) is 19.8 Å². The van der Waals surface area contributed by atoms with Crippen LogP contribution in [0.1, 0.15) is 38.8 Å². The second-order valence-corrected chi connectivity index (χ2v) is 12.9. The van der Waals surface area contributed by atoms with Gasteiger partial charge in [-0.2, -0.15) is 10.6 Å². The van der Waals surface area contributed by atoms with Gasteiger partial charge in [0, 0.05) is 23.9 Å². The van der Waals surface area contributed by atoms with Gasteiger partial charge in [-0.25, -0.2) is 14.8 Å². The van der Waals surface area contributed by atoms with Crippen molar-refractivity contribution in [3.05, 3.63) is 66.4 Å². The predicted octanol–water partition coefficient (Wildman–Crippen LogP) is 5.06. The van der Waals surface area contributed by atoms with Gasteiger partial charge in [0.1, 0.15) is 10.6 Å². The summed E-state index contributed by atoms with van der Waals surface area (Å²) >= 11 is 0. The zero-order valence-corrected chi connectivity index (χ0v) is 23.6. The number of carbonyl (C=O) groups is 1. The molecule has 10 nitrogen and oxygen atoms in total.